The lowest BCUT2D eigenvalue weighted by molar-refractivity contribution is -0.137. The van der Waals surface area contributed by atoms with Gasteiger partial charge in [0.2, 0.25) is 5.91 Å². The number of aliphatic carboxylic acids is 1. The summed E-state index contributed by atoms with van der Waals surface area (Å²) in [5.41, 5.74) is 2.72. The molecular formula is C30H30ClFN2O4. The highest BCUT2D eigenvalue weighted by molar-refractivity contribution is 6.30. The first kappa shape index (κ1) is 27.3. The van der Waals surface area contributed by atoms with Crippen molar-refractivity contribution in [3.8, 4) is 0 Å². The zero-order valence-corrected chi connectivity index (χ0v) is 22.1. The Balaban J connectivity index is 1.61. The summed E-state index contributed by atoms with van der Waals surface area (Å²) in [4.78, 5) is 41.5. The van der Waals surface area contributed by atoms with Gasteiger partial charge in [0, 0.05) is 41.0 Å². The molecule has 0 fully saturated rings. The molecule has 2 amide bonds. The summed E-state index contributed by atoms with van der Waals surface area (Å²) in [6.07, 6.45) is 0.966. The highest BCUT2D eigenvalue weighted by Gasteiger charge is 2.39. The van der Waals surface area contributed by atoms with Crippen LogP contribution in [0.5, 0.6) is 0 Å². The minimum Gasteiger partial charge on any atom is -0.481 e. The number of fused-ring (bicyclic) bond motifs is 1. The maximum atomic E-state index is 14.8. The van der Waals surface area contributed by atoms with Gasteiger partial charge in [-0.25, -0.2) is 4.39 Å². The molecule has 1 aliphatic rings. The molecule has 38 heavy (non-hydrogen) atoms. The molecule has 4 rings (SSSR count). The predicted molar refractivity (Wildman–Crippen MR) is 147 cm³/mol. The zero-order valence-electron chi connectivity index (χ0n) is 21.4. The molecule has 0 unspecified atom stereocenters. The quantitative estimate of drug-likeness (QED) is 0.358. The van der Waals surface area contributed by atoms with E-state index in [1.807, 2.05) is 50.2 Å². The Bertz CT molecular complexity index is 1340. The number of rotatable bonds is 8. The van der Waals surface area contributed by atoms with Gasteiger partial charge in [0.15, 0.2) is 0 Å². The molecule has 0 radical (unpaired) electrons. The molecule has 3 aromatic rings. The average molecular weight is 537 g/mol. The van der Waals surface area contributed by atoms with Crippen LogP contribution in [-0.4, -0.2) is 35.5 Å². The van der Waals surface area contributed by atoms with E-state index < -0.39 is 17.7 Å². The minimum absolute atomic E-state index is 0.0461. The molecule has 0 saturated heterocycles. The second kappa shape index (κ2) is 11.8. The fourth-order valence-electron chi connectivity index (χ4n) is 5.08. The van der Waals surface area contributed by atoms with Crippen LogP contribution in [0.15, 0.2) is 66.7 Å². The van der Waals surface area contributed by atoms with Crippen molar-refractivity contribution >= 4 is 40.8 Å². The van der Waals surface area contributed by atoms with Crippen molar-refractivity contribution in [2.45, 2.75) is 51.5 Å². The highest BCUT2D eigenvalue weighted by Crippen LogP contribution is 2.41. The van der Waals surface area contributed by atoms with E-state index in [9.17, 15) is 18.8 Å². The van der Waals surface area contributed by atoms with Crippen molar-refractivity contribution < 1.29 is 23.9 Å². The second-order valence-electron chi connectivity index (χ2n) is 9.48. The Labute approximate surface area is 226 Å². The van der Waals surface area contributed by atoms with Gasteiger partial charge in [0.05, 0.1) is 5.92 Å². The third kappa shape index (κ3) is 5.73. The summed E-state index contributed by atoms with van der Waals surface area (Å²) in [7, 11) is 0. The minimum atomic E-state index is -0.929. The summed E-state index contributed by atoms with van der Waals surface area (Å²) >= 11 is 6.04. The topological polar surface area (TPSA) is 77.9 Å². The zero-order chi connectivity index (χ0) is 27.4. The highest BCUT2D eigenvalue weighted by atomic mass is 35.5. The third-order valence-corrected chi connectivity index (χ3v) is 7.22. The lowest BCUT2D eigenvalue weighted by Crippen LogP contribution is -2.46. The lowest BCUT2D eigenvalue weighted by atomic mass is 9.84. The van der Waals surface area contributed by atoms with E-state index in [2.05, 4.69) is 0 Å². The van der Waals surface area contributed by atoms with Crippen molar-refractivity contribution in [2.75, 3.05) is 16.3 Å². The van der Waals surface area contributed by atoms with Gasteiger partial charge in [-0.2, -0.15) is 0 Å². The number of para-hydroxylation sites is 1. The summed E-state index contributed by atoms with van der Waals surface area (Å²) in [6, 6.07) is 18.5. The van der Waals surface area contributed by atoms with E-state index in [1.165, 1.54) is 6.07 Å². The van der Waals surface area contributed by atoms with Crippen LogP contribution in [0.25, 0.3) is 0 Å². The average Bonchev–Trinajstić information content (AvgIpc) is 2.90. The first-order valence-corrected chi connectivity index (χ1v) is 13.1. The molecule has 3 aromatic carbocycles. The molecule has 0 spiro atoms. The van der Waals surface area contributed by atoms with Crippen LogP contribution in [-0.2, 0) is 16.0 Å². The third-order valence-electron chi connectivity index (χ3n) is 6.96. The number of hydrogen-bond donors (Lipinski definition) is 1. The molecule has 1 heterocycles. The predicted octanol–water partition coefficient (Wildman–Crippen LogP) is 6.46. The number of likely N-dealkylation sites (N-methyl/N-ethyl adjacent to an activating group) is 1. The van der Waals surface area contributed by atoms with Crippen molar-refractivity contribution in [3.05, 3.63) is 94.3 Å². The summed E-state index contributed by atoms with van der Waals surface area (Å²) < 4.78 is 14.8. The number of aryl methyl sites for hydroxylation is 1. The van der Waals surface area contributed by atoms with E-state index >= 15 is 0 Å². The molecule has 0 bridgehead atoms. The van der Waals surface area contributed by atoms with Crippen molar-refractivity contribution in [1.29, 1.82) is 0 Å². The standard InChI is InChI=1S/C30H30ClFN2O4/c1-3-33(23-15-13-22(31)14-16-23)30(38)25-17-19(2)34(27-9-5-4-8-24(25)27)29(37)21-12-11-20(26(32)18-21)7-6-10-28(35)36/h4-5,8-9,11-16,18-19,25H,3,6-7,10,17H2,1-2H3,(H,35,36)/t19-,25-/m0/s1. The van der Waals surface area contributed by atoms with Gasteiger partial charge in [-0.15, -0.1) is 0 Å². The number of hydrogen-bond acceptors (Lipinski definition) is 3. The number of carbonyl (C=O) groups is 3. The van der Waals surface area contributed by atoms with Gasteiger partial charge in [-0.1, -0.05) is 35.9 Å². The SMILES string of the molecule is CCN(C(=O)[C@H]1C[C@H](C)N(C(=O)c2ccc(CCCC(=O)O)c(F)c2)c2ccccc21)c1ccc(Cl)cc1. The van der Waals surface area contributed by atoms with E-state index in [0.29, 0.717) is 35.7 Å². The number of halogens is 2. The molecule has 0 saturated carbocycles. The van der Waals surface area contributed by atoms with Gasteiger partial charge in [-0.05, 0) is 86.7 Å². The molecule has 0 aromatic heterocycles. The van der Waals surface area contributed by atoms with Gasteiger partial charge < -0.3 is 14.9 Å². The van der Waals surface area contributed by atoms with Crippen molar-refractivity contribution in [1.82, 2.24) is 0 Å². The molecule has 1 aliphatic heterocycles. The molecule has 6 nitrogen and oxygen atoms in total. The van der Waals surface area contributed by atoms with Gasteiger partial charge >= 0.3 is 5.97 Å². The maximum Gasteiger partial charge on any atom is 0.303 e. The first-order chi connectivity index (χ1) is 18.2. The number of anilines is 2. The number of nitrogens with zero attached hydrogens (tertiary/aromatic N) is 2. The smallest absolute Gasteiger partial charge is 0.303 e. The van der Waals surface area contributed by atoms with Crippen LogP contribution in [0.4, 0.5) is 15.8 Å². The van der Waals surface area contributed by atoms with Crippen LogP contribution in [0, 0.1) is 5.82 Å². The molecule has 1 N–H and O–H groups in total. The molecule has 0 aliphatic carbocycles. The van der Waals surface area contributed by atoms with Gasteiger partial charge in [0.25, 0.3) is 5.91 Å². The number of benzene rings is 3. The molecule has 198 valence electrons. The normalized spacial score (nSPS) is 16.6. The number of carboxylic acid groups (broad SMARTS) is 1. The second-order valence-corrected chi connectivity index (χ2v) is 9.92. The van der Waals surface area contributed by atoms with E-state index in [1.54, 1.807) is 34.1 Å². The van der Waals surface area contributed by atoms with E-state index in [0.717, 1.165) is 11.3 Å². The molecule has 2 atom stereocenters. The molecule has 8 heteroatoms. The van der Waals surface area contributed by atoms with Crippen molar-refractivity contribution in [2.24, 2.45) is 0 Å². The summed E-state index contributed by atoms with van der Waals surface area (Å²) in [6.45, 7) is 4.29. The van der Waals surface area contributed by atoms with Crippen LogP contribution in [0.1, 0.15) is 60.5 Å². The van der Waals surface area contributed by atoms with Gasteiger partial charge in [0.1, 0.15) is 5.82 Å². The number of amides is 2. The fraction of sp³-hybridized carbons (Fsp3) is 0.300. The monoisotopic (exact) mass is 536 g/mol. The van der Waals surface area contributed by atoms with Crippen LogP contribution in [0.2, 0.25) is 5.02 Å². The number of carboxylic acids is 1. The first-order valence-electron chi connectivity index (χ1n) is 12.7. The Morgan fingerprint density at radius 1 is 1.08 bits per heavy atom. The summed E-state index contributed by atoms with van der Waals surface area (Å²) in [5, 5.41) is 9.41. The van der Waals surface area contributed by atoms with E-state index in [4.69, 9.17) is 16.7 Å². The lowest BCUT2D eigenvalue weighted by Gasteiger charge is -2.40. The Morgan fingerprint density at radius 3 is 2.45 bits per heavy atom. The van der Waals surface area contributed by atoms with Crippen LogP contribution >= 0.6 is 11.6 Å². The summed E-state index contributed by atoms with van der Waals surface area (Å²) in [5.74, 6) is -2.32. The number of carbonyl (C=O) groups excluding carboxylic acids is 2. The van der Waals surface area contributed by atoms with Crippen LogP contribution < -0.4 is 9.80 Å². The van der Waals surface area contributed by atoms with Crippen LogP contribution in [0.3, 0.4) is 0 Å². The molecular weight excluding hydrogens is 507 g/mol. The van der Waals surface area contributed by atoms with E-state index in [-0.39, 0.29) is 36.3 Å². The largest absolute Gasteiger partial charge is 0.481 e. The maximum absolute atomic E-state index is 14.8. The fourth-order valence-corrected chi connectivity index (χ4v) is 5.21. The van der Waals surface area contributed by atoms with Gasteiger partial charge in [-0.3, -0.25) is 14.4 Å². The Kier molecular flexibility index (Phi) is 8.47. The van der Waals surface area contributed by atoms with Crippen molar-refractivity contribution in [3.63, 3.8) is 0 Å². The Hall–Kier alpha value is -3.71. The Morgan fingerprint density at radius 2 is 1.79 bits per heavy atom.